The van der Waals surface area contributed by atoms with E-state index in [2.05, 4.69) is 37.1 Å². The number of hydrogen-bond acceptors (Lipinski definition) is 8. The van der Waals surface area contributed by atoms with Gasteiger partial charge in [-0.25, -0.2) is 9.97 Å². The molecule has 2 fully saturated rings. The molecule has 2 aliphatic rings. The van der Waals surface area contributed by atoms with Crippen molar-refractivity contribution in [3.05, 3.63) is 73.2 Å². The minimum Gasteiger partial charge on any atom is -0.339 e. The molecule has 1 saturated carbocycles. The van der Waals surface area contributed by atoms with Crippen molar-refractivity contribution < 1.29 is 14.1 Å². The molecule has 192 valence electrons. The molecule has 1 aliphatic carbocycles. The Kier molecular flexibility index (Phi) is 6.24. The van der Waals surface area contributed by atoms with Gasteiger partial charge in [0, 0.05) is 36.6 Å². The minimum absolute atomic E-state index is 0.0215. The lowest BCUT2D eigenvalue weighted by Gasteiger charge is -2.30. The third kappa shape index (κ3) is 4.95. The molecule has 0 unspecified atom stereocenters. The van der Waals surface area contributed by atoms with Crippen LogP contribution in [0.1, 0.15) is 54.0 Å². The molecule has 1 aliphatic heterocycles. The molecular formula is C27H26N8O3. The molecule has 11 heteroatoms. The van der Waals surface area contributed by atoms with Crippen molar-refractivity contribution in [3.63, 3.8) is 0 Å². The van der Waals surface area contributed by atoms with Crippen molar-refractivity contribution >= 4 is 17.6 Å². The number of anilines is 1. The van der Waals surface area contributed by atoms with E-state index in [1.807, 2.05) is 16.9 Å². The smallest absolute Gasteiger partial charge is 0.275 e. The highest BCUT2D eigenvalue weighted by Crippen LogP contribution is 2.35. The number of piperidine rings is 1. The van der Waals surface area contributed by atoms with E-state index < -0.39 is 0 Å². The summed E-state index contributed by atoms with van der Waals surface area (Å²) in [5.74, 6) is 0.794. The Morgan fingerprint density at radius 3 is 2.76 bits per heavy atom. The van der Waals surface area contributed by atoms with E-state index in [4.69, 9.17) is 4.52 Å². The van der Waals surface area contributed by atoms with Crippen LogP contribution < -0.4 is 5.32 Å². The summed E-state index contributed by atoms with van der Waals surface area (Å²) in [6.07, 6.45) is 10.7. The van der Waals surface area contributed by atoms with Gasteiger partial charge in [0.05, 0.1) is 23.9 Å². The predicted octanol–water partition coefficient (Wildman–Crippen LogP) is 3.87. The zero-order chi connectivity index (χ0) is 26.1. The van der Waals surface area contributed by atoms with Crippen molar-refractivity contribution in [1.29, 1.82) is 0 Å². The Labute approximate surface area is 218 Å². The number of aromatic nitrogens is 6. The van der Waals surface area contributed by atoms with Crippen LogP contribution in [0.4, 0.5) is 5.82 Å². The number of hydrogen-bond donors (Lipinski definition) is 1. The van der Waals surface area contributed by atoms with Crippen LogP contribution in [0.25, 0.3) is 22.6 Å². The van der Waals surface area contributed by atoms with E-state index in [0.717, 1.165) is 31.2 Å². The summed E-state index contributed by atoms with van der Waals surface area (Å²) in [7, 11) is 0. The van der Waals surface area contributed by atoms with Crippen LogP contribution in [0.5, 0.6) is 0 Å². The van der Waals surface area contributed by atoms with Crippen LogP contribution in [0.15, 0.2) is 66.1 Å². The van der Waals surface area contributed by atoms with Crippen molar-refractivity contribution in [2.45, 2.75) is 37.6 Å². The lowest BCUT2D eigenvalue weighted by atomic mass is 9.98. The highest BCUT2D eigenvalue weighted by atomic mass is 16.5. The Bertz CT molecular complexity index is 1490. The van der Waals surface area contributed by atoms with Crippen molar-refractivity contribution in [3.8, 4) is 22.6 Å². The number of pyridine rings is 2. The number of nitrogens with zero attached hydrogens (tertiary/aromatic N) is 7. The van der Waals surface area contributed by atoms with Gasteiger partial charge in [-0.3, -0.25) is 14.3 Å². The molecule has 1 N–H and O–H groups in total. The van der Waals surface area contributed by atoms with Gasteiger partial charge in [-0.1, -0.05) is 17.8 Å². The predicted molar refractivity (Wildman–Crippen MR) is 138 cm³/mol. The SMILES string of the molecule is C=CC(=O)N1CCC[C@H](c2nc(-c3ccc(NC(=O)c4cccc(-c5cnn(C6CC6)c5)n4)nc3)no2)C1. The number of carbonyl (C=O) groups is 2. The van der Waals surface area contributed by atoms with Crippen molar-refractivity contribution in [1.82, 2.24) is 34.8 Å². The standard InChI is InChI=1S/C27H26N8O3/c1-2-24(36)34-12-4-5-18(15-34)27-32-25(33-38-27)17-8-11-23(28-13-17)31-26(37)22-7-3-6-21(30-22)19-14-29-35(16-19)20-9-10-20/h2-3,6-8,11,13-14,16,18,20H,1,4-5,9-10,12,15H2,(H,28,31,37)/t18-/m0/s1. The van der Waals surface area contributed by atoms with Crippen LogP contribution in [0.2, 0.25) is 0 Å². The quantitative estimate of drug-likeness (QED) is 0.371. The van der Waals surface area contributed by atoms with Crippen LogP contribution in [-0.2, 0) is 4.79 Å². The first-order valence-corrected chi connectivity index (χ1v) is 12.6. The molecule has 5 heterocycles. The largest absolute Gasteiger partial charge is 0.339 e. The molecule has 0 aromatic carbocycles. The number of likely N-dealkylation sites (tertiary alicyclic amines) is 1. The minimum atomic E-state index is -0.362. The maximum Gasteiger partial charge on any atom is 0.275 e. The van der Waals surface area contributed by atoms with Gasteiger partial charge in [0.1, 0.15) is 11.5 Å². The van der Waals surface area contributed by atoms with Gasteiger partial charge < -0.3 is 14.7 Å². The maximum atomic E-state index is 12.8. The summed E-state index contributed by atoms with van der Waals surface area (Å²) < 4.78 is 7.46. The first-order valence-electron chi connectivity index (χ1n) is 12.6. The lowest BCUT2D eigenvalue weighted by molar-refractivity contribution is -0.127. The molecule has 11 nitrogen and oxygen atoms in total. The van der Waals surface area contributed by atoms with Gasteiger partial charge in [-0.15, -0.1) is 0 Å². The second kappa shape index (κ2) is 10.0. The van der Waals surface area contributed by atoms with Gasteiger partial charge >= 0.3 is 0 Å². The lowest BCUT2D eigenvalue weighted by Crippen LogP contribution is -2.38. The first-order chi connectivity index (χ1) is 18.6. The van der Waals surface area contributed by atoms with E-state index in [9.17, 15) is 9.59 Å². The van der Waals surface area contributed by atoms with Crippen LogP contribution in [0.3, 0.4) is 0 Å². The van der Waals surface area contributed by atoms with E-state index in [-0.39, 0.29) is 23.4 Å². The number of rotatable bonds is 7. The molecule has 1 saturated heterocycles. The average molecular weight is 511 g/mol. The van der Waals surface area contributed by atoms with E-state index in [0.29, 0.717) is 47.9 Å². The Morgan fingerprint density at radius 1 is 1.08 bits per heavy atom. The summed E-state index contributed by atoms with van der Waals surface area (Å²) in [6.45, 7) is 4.78. The monoisotopic (exact) mass is 510 g/mol. The van der Waals surface area contributed by atoms with Crippen molar-refractivity contribution in [2.24, 2.45) is 0 Å². The van der Waals surface area contributed by atoms with Gasteiger partial charge in [0.2, 0.25) is 17.6 Å². The summed E-state index contributed by atoms with van der Waals surface area (Å²) in [4.78, 5) is 39.9. The Hall–Kier alpha value is -4.67. The van der Waals surface area contributed by atoms with Gasteiger partial charge in [0.25, 0.3) is 5.91 Å². The zero-order valence-corrected chi connectivity index (χ0v) is 20.7. The number of nitrogens with one attached hydrogen (secondary N) is 1. The summed E-state index contributed by atoms with van der Waals surface area (Å²) in [5.41, 5.74) is 2.50. The molecule has 0 radical (unpaired) electrons. The molecule has 38 heavy (non-hydrogen) atoms. The van der Waals surface area contributed by atoms with Gasteiger partial charge in [-0.2, -0.15) is 10.1 Å². The summed E-state index contributed by atoms with van der Waals surface area (Å²) in [6, 6.07) is 9.25. The first kappa shape index (κ1) is 23.7. The topological polar surface area (TPSA) is 132 Å². The molecule has 6 rings (SSSR count). The maximum absolute atomic E-state index is 12.8. The second-order valence-electron chi connectivity index (χ2n) is 9.52. The Balaban J connectivity index is 1.11. The fraction of sp³-hybridized carbons (Fsp3) is 0.296. The van der Waals surface area contributed by atoms with Gasteiger partial charge in [0.15, 0.2) is 0 Å². The van der Waals surface area contributed by atoms with E-state index in [1.54, 1.807) is 41.6 Å². The second-order valence-corrected chi connectivity index (χ2v) is 9.52. The third-order valence-electron chi connectivity index (χ3n) is 6.76. The zero-order valence-electron chi connectivity index (χ0n) is 20.7. The third-order valence-corrected chi connectivity index (χ3v) is 6.76. The molecule has 4 aromatic heterocycles. The molecule has 2 amide bonds. The summed E-state index contributed by atoms with van der Waals surface area (Å²) in [5, 5.41) is 11.3. The fourth-order valence-electron chi connectivity index (χ4n) is 4.54. The number of amides is 2. The Morgan fingerprint density at radius 2 is 1.97 bits per heavy atom. The highest BCUT2D eigenvalue weighted by molar-refractivity contribution is 6.02. The van der Waals surface area contributed by atoms with Gasteiger partial charge in [-0.05, 0) is 56.0 Å². The normalized spacial score (nSPS) is 17.3. The highest BCUT2D eigenvalue weighted by Gasteiger charge is 2.28. The van der Waals surface area contributed by atoms with Crippen LogP contribution >= 0.6 is 0 Å². The molecule has 1 atom stereocenters. The van der Waals surface area contributed by atoms with Crippen molar-refractivity contribution in [2.75, 3.05) is 18.4 Å². The molecule has 0 bridgehead atoms. The average Bonchev–Trinajstić information content (AvgIpc) is 3.48. The summed E-state index contributed by atoms with van der Waals surface area (Å²) >= 11 is 0. The van der Waals surface area contributed by atoms with E-state index >= 15 is 0 Å². The molecule has 0 spiro atoms. The van der Waals surface area contributed by atoms with E-state index in [1.165, 1.54) is 6.08 Å². The fourth-order valence-corrected chi connectivity index (χ4v) is 4.54. The molecule has 4 aromatic rings. The number of carbonyl (C=O) groups excluding carboxylic acids is 2. The van der Waals surface area contributed by atoms with Crippen LogP contribution in [0, 0.1) is 0 Å². The van der Waals surface area contributed by atoms with Crippen LogP contribution in [-0.4, -0.2) is 59.7 Å². The molecular weight excluding hydrogens is 484 g/mol.